The Labute approximate surface area is 91.5 Å². The highest BCUT2D eigenvalue weighted by atomic mass is 16.5. The van der Waals surface area contributed by atoms with Crippen LogP contribution in [-0.2, 0) is 9.53 Å². The second-order valence-corrected chi connectivity index (χ2v) is 4.43. The highest BCUT2D eigenvalue weighted by Crippen LogP contribution is 2.27. The van der Waals surface area contributed by atoms with Crippen LogP contribution >= 0.6 is 0 Å². The molecule has 0 saturated heterocycles. The van der Waals surface area contributed by atoms with Gasteiger partial charge in [-0.3, -0.25) is 4.79 Å². The average molecular weight is 214 g/mol. The fourth-order valence-corrected chi connectivity index (χ4v) is 2.08. The van der Waals surface area contributed by atoms with Crippen LogP contribution in [0.15, 0.2) is 0 Å². The predicted octanol–water partition coefficient (Wildman–Crippen LogP) is 0.513. The highest BCUT2D eigenvalue weighted by molar-refractivity contribution is 5.78. The molecule has 0 aromatic heterocycles. The second-order valence-electron chi connectivity index (χ2n) is 4.43. The van der Waals surface area contributed by atoms with Crippen molar-refractivity contribution in [3.63, 3.8) is 0 Å². The quantitative estimate of drug-likeness (QED) is 0.670. The Morgan fingerprint density at radius 1 is 1.53 bits per heavy atom. The minimum Gasteiger partial charge on any atom is -0.383 e. The van der Waals surface area contributed by atoms with Crippen LogP contribution in [0.4, 0.5) is 0 Å². The largest absolute Gasteiger partial charge is 0.383 e. The Balaban J connectivity index is 2.28. The number of carbonyl (C=O) groups excluding carboxylic acids is 1. The summed E-state index contributed by atoms with van der Waals surface area (Å²) in [5.41, 5.74) is 5.91. The first-order valence-electron chi connectivity index (χ1n) is 5.67. The lowest BCUT2D eigenvalue weighted by Crippen LogP contribution is -2.41. The number of nitrogens with one attached hydrogen (secondary N) is 1. The average Bonchev–Trinajstić information content (AvgIpc) is 2.22. The number of methoxy groups -OCH3 is 1. The SMILES string of the molecule is COCCNC(=O)C1CCC(N)C(C)C1. The van der Waals surface area contributed by atoms with Gasteiger partial charge in [0, 0.05) is 25.6 Å². The summed E-state index contributed by atoms with van der Waals surface area (Å²) in [5, 5.41) is 2.88. The Kier molecular flexibility index (Phi) is 5.05. The number of hydrogen-bond donors (Lipinski definition) is 2. The number of nitrogens with two attached hydrogens (primary N) is 1. The Bertz CT molecular complexity index is 209. The molecule has 1 aliphatic rings. The van der Waals surface area contributed by atoms with Gasteiger partial charge >= 0.3 is 0 Å². The van der Waals surface area contributed by atoms with Crippen molar-refractivity contribution in [2.24, 2.45) is 17.6 Å². The van der Waals surface area contributed by atoms with Crippen LogP contribution < -0.4 is 11.1 Å². The summed E-state index contributed by atoms with van der Waals surface area (Å²) in [5.74, 6) is 0.763. The van der Waals surface area contributed by atoms with E-state index < -0.39 is 0 Å². The molecule has 0 spiro atoms. The first kappa shape index (κ1) is 12.5. The summed E-state index contributed by atoms with van der Waals surface area (Å²) in [6.45, 7) is 3.30. The minimum absolute atomic E-state index is 0.150. The van der Waals surface area contributed by atoms with Crippen molar-refractivity contribution in [2.75, 3.05) is 20.3 Å². The van der Waals surface area contributed by atoms with Gasteiger partial charge in [-0.25, -0.2) is 0 Å². The van der Waals surface area contributed by atoms with Crippen molar-refractivity contribution in [3.8, 4) is 0 Å². The van der Waals surface area contributed by atoms with Crippen LogP contribution in [0.1, 0.15) is 26.2 Å². The van der Waals surface area contributed by atoms with Gasteiger partial charge in [0.25, 0.3) is 0 Å². The molecule has 1 saturated carbocycles. The van der Waals surface area contributed by atoms with E-state index in [1.165, 1.54) is 0 Å². The zero-order chi connectivity index (χ0) is 11.3. The molecule has 1 rings (SSSR count). The molecule has 4 nitrogen and oxygen atoms in total. The van der Waals surface area contributed by atoms with Crippen LogP contribution in [-0.4, -0.2) is 32.2 Å². The van der Waals surface area contributed by atoms with Crippen LogP contribution in [0.5, 0.6) is 0 Å². The molecule has 3 N–H and O–H groups in total. The molecule has 15 heavy (non-hydrogen) atoms. The molecule has 3 unspecified atom stereocenters. The van der Waals surface area contributed by atoms with Crippen molar-refractivity contribution >= 4 is 5.91 Å². The van der Waals surface area contributed by atoms with Gasteiger partial charge in [0.1, 0.15) is 0 Å². The van der Waals surface area contributed by atoms with E-state index in [1.54, 1.807) is 7.11 Å². The molecule has 1 amide bonds. The van der Waals surface area contributed by atoms with Crippen LogP contribution in [0.25, 0.3) is 0 Å². The summed E-state index contributed by atoms with van der Waals surface area (Å²) in [7, 11) is 1.63. The fraction of sp³-hybridized carbons (Fsp3) is 0.909. The molecule has 0 aliphatic heterocycles. The van der Waals surface area contributed by atoms with Gasteiger partial charge in [-0.05, 0) is 25.2 Å². The molecule has 0 heterocycles. The van der Waals surface area contributed by atoms with E-state index in [9.17, 15) is 4.79 Å². The Morgan fingerprint density at radius 2 is 2.27 bits per heavy atom. The monoisotopic (exact) mass is 214 g/mol. The van der Waals surface area contributed by atoms with E-state index in [1.807, 2.05) is 0 Å². The molecular weight excluding hydrogens is 192 g/mol. The Morgan fingerprint density at radius 3 is 2.87 bits per heavy atom. The number of hydrogen-bond acceptors (Lipinski definition) is 3. The van der Waals surface area contributed by atoms with E-state index in [4.69, 9.17) is 10.5 Å². The maximum atomic E-state index is 11.7. The lowest BCUT2D eigenvalue weighted by atomic mass is 9.79. The molecule has 0 aromatic rings. The molecule has 3 atom stereocenters. The summed E-state index contributed by atoms with van der Waals surface area (Å²) in [4.78, 5) is 11.7. The smallest absolute Gasteiger partial charge is 0.223 e. The molecule has 0 bridgehead atoms. The molecule has 1 fully saturated rings. The first-order valence-corrected chi connectivity index (χ1v) is 5.67. The van der Waals surface area contributed by atoms with Gasteiger partial charge in [0.2, 0.25) is 5.91 Å². The van der Waals surface area contributed by atoms with Crippen molar-refractivity contribution < 1.29 is 9.53 Å². The van der Waals surface area contributed by atoms with Crippen molar-refractivity contribution in [2.45, 2.75) is 32.2 Å². The van der Waals surface area contributed by atoms with Gasteiger partial charge in [-0.2, -0.15) is 0 Å². The fourth-order valence-electron chi connectivity index (χ4n) is 2.08. The molecular formula is C11H22N2O2. The molecule has 0 radical (unpaired) electrons. The molecule has 0 aromatic carbocycles. The van der Waals surface area contributed by atoms with Gasteiger partial charge < -0.3 is 15.8 Å². The van der Waals surface area contributed by atoms with Crippen LogP contribution in [0.2, 0.25) is 0 Å². The third-order valence-corrected chi connectivity index (χ3v) is 3.21. The zero-order valence-electron chi connectivity index (χ0n) is 9.66. The van der Waals surface area contributed by atoms with E-state index in [0.29, 0.717) is 19.1 Å². The maximum absolute atomic E-state index is 11.7. The van der Waals surface area contributed by atoms with Gasteiger partial charge in [-0.1, -0.05) is 6.92 Å². The number of rotatable bonds is 4. The van der Waals surface area contributed by atoms with Crippen molar-refractivity contribution in [3.05, 3.63) is 0 Å². The number of carbonyl (C=O) groups is 1. The van der Waals surface area contributed by atoms with E-state index in [2.05, 4.69) is 12.2 Å². The van der Waals surface area contributed by atoms with Gasteiger partial charge in [0.05, 0.1) is 6.61 Å². The lowest BCUT2D eigenvalue weighted by Gasteiger charge is -2.30. The van der Waals surface area contributed by atoms with E-state index in [-0.39, 0.29) is 17.9 Å². The molecule has 88 valence electrons. The number of amides is 1. The third kappa shape index (κ3) is 3.80. The van der Waals surface area contributed by atoms with Crippen molar-refractivity contribution in [1.29, 1.82) is 0 Å². The summed E-state index contributed by atoms with van der Waals surface area (Å²) < 4.78 is 4.88. The topological polar surface area (TPSA) is 64.3 Å². The van der Waals surface area contributed by atoms with Gasteiger partial charge in [-0.15, -0.1) is 0 Å². The number of ether oxygens (including phenoxy) is 1. The van der Waals surface area contributed by atoms with Crippen LogP contribution in [0, 0.1) is 11.8 Å². The highest BCUT2D eigenvalue weighted by Gasteiger charge is 2.29. The summed E-state index contributed by atoms with van der Waals surface area (Å²) in [6.07, 6.45) is 2.80. The minimum atomic E-state index is 0.150. The van der Waals surface area contributed by atoms with Gasteiger partial charge in [0.15, 0.2) is 0 Å². The van der Waals surface area contributed by atoms with E-state index >= 15 is 0 Å². The standard InChI is InChI=1S/C11H22N2O2/c1-8-7-9(3-4-10(8)12)11(14)13-5-6-15-2/h8-10H,3-7,12H2,1-2H3,(H,13,14). The lowest BCUT2D eigenvalue weighted by molar-refractivity contribution is -0.126. The van der Waals surface area contributed by atoms with Crippen molar-refractivity contribution in [1.82, 2.24) is 5.32 Å². The van der Waals surface area contributed by atoms with E-state index in [0.717, 1.165) is 19.3 Å². The van der Waals surface area contributed by atoms with Crippen LogP contribution in [0.3, 0.4) is 0 Å². The second kappa shape index (κ2) is 6.08. The predicted molar refractivity (Wildman–Crippen MR) is 59.4 cm³/mol. The Hall–Kier alpha value is -0.610. The molecule has 1 aliphatic carbocycles. The summed E-state index contributed by atoms with van der Waals surface area (Å²) >= 11 is 0. The first-order chi connectivity index (χ1) is 7.15. The zero-order valence-corrected chi connectivity index (χ0v) is 9.66. The third-order valence-electron chi connectivity index (χ3n) is 3.21. The molecule has 4 heteroatoms. The summed E-state index contributed by atoms with van der Waals surface area (Å²) in [6, 6.07) is 0.271. The normalized spacial score (nSPS) is 31.3. The maximum Gasteiger partial charge on any atom is 0.223 e.